The smallest absolute Gasteiger partial charge is 0.191 e. The first-order chi connectivity index (χ1) is 14.0. The zero-order chi connectivity index (χ0) is 20.4. The molecule has 0 radical (unpaired) electrons. The zero-order valence-electron chi connectivity index (χ0n) is 16.8. The fourth-order valence-corrected chi connectivity index (χ4v) is 4.28. The van der Waals surface area contributed by atoms with Crippen LogP contribution in [0.2, 0.25) is 5.02 Å². The third-order valence-corrected chi connectivity index (χ3v) is 6.09. The highest BCUT2D eigenvalue weighted by molar-refractivity contribution is 6.31. The molecule has 7 heteroatoms. The van der Waals surface area contributed by atoms with Crippen molar-refractivity contribution < 1.29 is 4.39 Å². The summed E-state index contributed by atoms with van der Waals surface area (Å²) in [5.74, 6) is 1.68. The van der Waals surface area contributed by atoms with Gasteiger partial charge in [-0.2, -0.15) is 0 Å². The fourth-order valence-electron chi connectivity index (χ4n) is 3.98. The summed E-state index contributed by atoms with van der Waals surface area (Å²) in [5, 5.41) is 7.45. The van der Waals surface area contributed by atoms with Crippen molar-refractivity contribution in [3.63, 3.8) is 0 Å². The predicted octanol–water partition coefficient (Wildman–Crippen LogP) is 3.87. The van der Waals surface area contributed by atoms with E-state index in [0.29, 0.717) is 16.6 Å². The van der Waals surface area contributed by atoms with E-state index in [0.717, 1.165) is 44.1 Å². The van der Waals surface area contributed by atoms with Crippen LogP contribution in [-0.4, -0.2) is 43.2 Å². The second-order valence-corrected chi connectivity index (χ2v) is 8.31. The van der Waals surface area contributed by atoms with Crippen molar-refractivity contribution in [3.05, 3.63) is 58.5 Å². The minimum Gasteiger partial charge on any atom is -0.356 e. The maximum absolute atomic E-state index is 14.1. The van der Waals surface area contributed by atoms with Crippen molar-refractivity contribution in [3.8, 4) is 0 Å². The number of nitrogens with zero attached hydrogens (tertiary/aromatic N) is 3. The van der Waals surface area contributed by atoms with Gasteiger partial charge in [0.25, 0.3) is 0 Å². The SMILES string of the molecule is CN=C(NC1CCN(c2ccc(C)cn2)CC1)NC1CC1c1c(F)cccc1Cl. The van der Waals surface area contributed by atoms with Gasteiger partial charge in [-0.05, 0) is 49.9 Å². The molecule has 2 atom stereocenters. The summed E-state index contributed by atoms with van der Waals surface area (Å²) >= 11 is 6.21. The summed E-state index contributed by atoms with van der Waals surface area (Å²) in [7, 11) is 1.77. The molecule has 1 aliphatic heterocycles. The monoisotopic (exact) mass is 415 g/mol. The van der Waals surface area contributed by atoms with E-state index in [9.17, 15) is 4.39 Å². The van der Waals surface area contributed by atoms with Gasteiger partial charge in [0.2, 0.25) is 0 Å². The van der Waals surface area contributed by atoms with Crippen molar-refractivity contribution >= 4 is 23.4 Å². The largest absolute Gasteiger partial charge is 0.356 e. The van der Waals surface area contributed by atoms with Gasteiger partial charge >= 0.3 is 0 Å². The van der Waals surface area contributed by atoms with Gasteiger partial charge in [0, 0.05) is 54.9 Å². The number of anilines is 1. The molecule has 1 aromatic heterocycles. The summed E-state index contributed by atoms with van der Waals surface area (Å²) in [6.07, 6.45) is 4.81. The standard InChI is InChI=1S/C22H27ClFN5/c1-14-6-7-20(26-13-14)29-10-8-15(9-11-29)27-22(25-2)28-19-12-16(19)21-17(23)4-3-5-18(21)24/h3-7,13,15-16,19H,8-12H2,1-2H3,(H2,25,27,28). The van der Waals surface area contributed by atoms with Gasteiger partial charge in [-0.25, -0.2) is 9.37 Å². The molecule has 0 spiro atoms. The van der Waals surface area contributed by atoms with Crippen LogP contribution in [0.25, 0.3) is 0 Å². The van der Waals surface area contributed by atoms with Crippen LogP contribution in [0.4, 0.5) is 10.2 Å². The Labute approximate surface area is 176 Å². The van der Waals surface area contributed by atoms with Crippen molar-refractivity contribution in [1.29, 1.82) is 0 Å². The van der Waals surface area contributed by atoms with Crippen LogP contribution >= 0.6 is 11.6 Å². The third kappa shape index (κ3) is 4.64. The second-order valence-electron chi connectivity index (χ2n) is 7.90. The molecule has 0 bridgehead atoms. The summed E-state index contributed by atoms with van der Waals surface area (Å²) < 4.78 is 14.1. The van der Waals surface area contributed by atoms with Gasteiger partial charge in [-0.3, -0.25) is 4.99 Å². The number of pyridine rings is 1. The number of benzene rings is 1. The fraction of sp³-hybridized carbons (Fsp3) is 0.455. The average molecular weight is 416 g/mol. The number of aryl methyl sites for hydroxylation is 1. The molecular formula is C22H27ClFN5. The van der Waals surface area contributed by atoms with Crippen molar-refractivity contribution in [2.75, 3.05) is 25.0 Å². The first-order valence-electron chi connectivity index (χ1n) is 10.2. The Kier molecular flexibility index (Phi) is 5.90. The van der Waals surface area contributed by atoms with Crippen LogP contribution < -0.4 is 15.5 Å². The van der Waals surface area contributed by atoms with Crippen molar-refractivity contribution in [1.82, 2.24) is 15.6 Å². The minimum absolute atomic E-state index is 0.0942. The first kappa shape index (κ1) is 20.0. The zero-order valence-corrected chi connectivity index (χ0v) is 17.6. The molecule has 1 saturated heterocycles. The molecule has 29 heavy (non-hydrogen) atoms. The lowest BCUT2D eigenvalue weighted by Crippen LogP contribution is -2.49. The van der Waals surface area contributed by atoms with Crippen LogP contribution in [0.5, 0.6) is 0 Å². The Morgan fingerprint density at radius 2 is 2.00 bits per heavy atom. The number of guanidine groups is 1. The molecule has 2 aliphatic rings. The molecule has 1 saturated carbocycles. The summed E-state index contributed by atoms with van der Waals surface area (Å²) in [4.78, 5) is 11.2. The van der Waals surface area contributed by atoms with Gasteiger partial charge in [0.1, 0.15) is 11.6 Å². The normalized spacial score (nSPS) is 22.5. The number of piperidine rings is 1. The molecule has 2 N–H and O–H groups in total. The number of halogens is 2. The summed E-state index contributed by atoms with van der Waals surface area (Å²) in [6.45, 7) is 3.97. The molecule has 0 amide bonds. The van der Waals surface area contributed by atoms with E-state index in [1.807, 2.05) is 6.20 Å². The highest BCUT2D eigenvalue weighted by atomic mass is 35.5. The van der Waals surface area contributed by atoms with E-state index >= 15 is 0 Å². The number of rotatable bonds is 4. The molecule has 4 rings (SSSR count). The maximum atomic E-state index is 14.1. The van der Waals surface area contributed by atoms with Crippen molar-refractivity contribution in [2.24, 2.45) is 4.99 Å². The molecule has 5 nitrogen and oxygen atoms in total. The van der Waals surface area contributed by atoms with Crippen LogP contribution in [0.3, 0.4) is 0 Å². The Morgan fingerprint density at radius 3 is 2.66 bits per heavy atom. The number of aromatic nitrogens is 1. The Morgan fingerprint density at radius 1 is 1.21 bits per heavy atom. The number of nitrogens with one attached hydrogen (secondary N) is 2. The van der Waals surface area contributed by atoms with Crippen LogP contribution in [0.15, 0.2) is 41.5 Å². The van der Waals surface area contributed by atoms with Gasteiger partial charge in [-0.15, -0.1) is 0 Å². The molecule has 2 aromatic rings. The van der Waals surface area contributed by atoms with E-state index in [2.05, 4.69) is 44.6 Å². The molecule has 1 aliphatic carbocycles. The van der Waals surface area contributed by atoms with Crippen LogP contribution in [-0.2, 0) is 0 Å². The van der Waals surface area contributed by atoms with E-state index in [1.54, 1.807) is 19.2 Å². The van der Waals surface area contributed by atoms with Gasteiger partial charge in [0.15, 0.2) is 5.96 Å². The topological polar surface area (TPSA) is 52.6 Å². The molecule has 2 fully saturated rings. The van der Waals surface area contributed by atoms with Gasteiger partial charge in [-0.1, -0.05) is 23.7 Å². The van der Waals surface area contributed by atoms with Gasteiger partial charge in [0.05, 0.1) is 0 Å². The molecule has 2 unspecified atom stereocenters. The molecule has 2 heterocycles. The molecule has 1 aromatic carbocycles. The first-order valence-corrected chi connectivity index (χ1v) is 10.5. The van der Waals surface area contributed by atoms with E-state index < -0.39 is 0 Å². The summed E-state index contributed by atoms with van der Waals surface area (Å²) in [6, 6.07) is 9.58. The number of hydrogen-bond acceptors (Lipinski definition) is 3. The van der Waals surface area contributed by atoms with Crippen LogP contribution in [0.1, 0.15) is 36.3 Å². The minimum atomic E-state index is -0.230. The highest BCUT2D eigenvalue weighted by Crippen LogP contribution is 2.44. The Balaban J connectivity index is 1.28. The lowest BCUT2D eigenvalue weighted by atomic mass is 10.1. The molecule has 154 valence electrons. The average Bonchev–Trinajstić information content (AvgIpc) is 3.47. The quantitative estimate of drug-likeness (QED) is 0.588. The van der Waals surface area contributed by atoms with Gasteiger partial charge < -0.3 is 15.5 Å². The molecular weight excluding hydrogens is 389 g/mol. The third-order valence-electron chi connectivity index (χ3n) is 5.76. The van der Waals surface area contributed by atoms with E-state index in [-0.39, 0.29) is 17.8 Å². The predicted molar refractivity (Wildman–Crippen MR) is 116 cm³/mol. The lowest BCUT2D eigenvalue weighted by Gasteiger charge is -2.33. The van der Waals surface area contributed by atoms with Crippen molar-refractivity contribution in [2.45, 2.75) is 44.2 Å². The number of hydrogen-bond donors (Lipinski definition) is 2. The Bertz CT molecular complexity index is 857. The Hall–Kier alpha value is -2.34. The lowest BCUT2D eigenvalue weighted by molar-refractivity contribution is 0.459. The highest BCUT2D eigenvalue weighted by Gasteiger charge is 2.42. The van der Waals surface area contributed by atoms with Crippen LogP contribution in [0, 0.1) is 12.7 Å². The summed E-state index contributed by atoms with van der Waals surface area (Å²) in [5.41, 5.74) is 1.79. The van der Waals surface area contributed by atoms with E-state index in [1.165, 1.54) is 11.6 Å². The maximum Gasteiger partial charge on any atom is 0.191 e. The number of aliphatic imine (C=N–C) groups is 1. The van der Waals surface area contributed by atoms with E-state index in [4.69, 9.17) is 11.6 Å². The second kappa shape index (κ2) is 8.57.